The number of piperidine rings is 1. The van der Waals surface area contributed by atoms with Crippen molar-refractivity contribution in [1.82, 2.24) is 15.1 Å². The summed E-state index contributed by atoms with van der Waals surface area (Å²) in [5.74, 6) is -0.135. The van der Waals surface area contributed by atoms with Crippen LogP contribution in [0, 0.1) is 0 Å². The Labute approximate surface area is 106 Å². The second-order valence-electron chi connectivity index (χ2n) is 5.45. The van der Waals surface area contributed by atoms with Crippen LogP contribution in [0.25, 0.3) is 0 Å². The lowest BCUT2D eigenvalue weighted by Crippen LogP contribution is -2.48. The first-order chi connectivity index (χ1) is 8.65. The van der Waals surface area contributed by atoms with E-state index >= 15 is 0 Å². The minimum Gasteiger partial charge on any atom is -0.393 e. The number of amides is 3. The van der Waals surface area contributed by atoms with E-state index in [0.717, 1.165) is 32.2 Å². The summed E-state index contributed by atoms with van der Waals surface area (Å²) in [6.45, 7) is 1.33. The molecule has 3 saturated heterocycles. The van der Waals surface area contributed by atoms with Gasteiger partial charge in [0.15, 0.2) is 0 Å². The predicted octanol–water partition coefficient (Wildman–Crippen LogP) is -0.474. The smallest absolute Gasteiger partial charge is 0.324 e. The molecule has 3 heterocycles. The molecule has 0 aromatic heterocycles. The highest BCUT2D eigenvalue weighted by Gasteiger charge is 2.40. The quantitative estimate of drug-likeness (QED) is 0.667. The van der Waals surface area contributed by atoms with Crippen LogP contribution in [0.15, 0.2) is 0 Å². The summed E-state index contributed by atoms with van der Waals surface area (Å²) in [4.78, 5) is 26.6. The predicted molar refractivity (Wildman–Crippen MR) is 63.9 cm³/mol. The molecule has 2 N–H and O–H groups in total. The Morgan fingerprint density at radius 1 is 1.17 bits per heavy atom. The Kier molecular flexibility index (Phi) is 2.99. The van der Waals surface area contributed by atoms with Gasteiger partial charge >= 0.3 is 6.03 Å². The van der Waals surface area contributed by atoms with Crippen LogP contribution in [-0.2, 0) is 4.79 Å². The fraction of sp³-hybridized carbons (Fsp3) is 0.833. The summed E-state index contributed by atoms with van der Waals surface area (Å²) in [5.41, 5.74) is 0. The Balaban J connectivity index is 1.58. The lowest BCUT2D eigenvalue weighted by atomic mass is 10.00. The number of aliphatic hydroxyl groups is 1. The third-order valence-corrected chi connectivity index (χ3v) is 4.38. The van der Waals surface area contributed by atoms with Crippen LogP contribution >= 0.6 is 0 Å². The van der Waals surface area contributed by atoms with E-state index in [0.29, 0.717) is 18.6 Å². The molecule has 2 unspecified atom stereocenters. The number of nitrogens with zero attached hydrogens (tertiary/aromatic N) is 2. The molecule has 0 radical (unpaired) electrons. The van der Waals surface area contributed by atoms with Gasteiger partial charge in [0.25, 0.3) is 0 Å². The molecular weight excluding hydrogens is 234 g/mol. The standard InChI is InChI=1S/C12H19N3O3/c16-10-5-8-1-2-9(6-10)14(8)3-4-15-11(17)7-13-12(15)18/h8-10,16H,1-7H2,(H,13,18). The van der Waals surface area contributed by atoms with Gasteiger partial charge in [0.2, 0.25) is 5.91 Å². The number of carbonyl (C=O) groups excluding carboxylic acids is 2. The van der Waals surface area contributed by atoms with Crippen molar-refractivity contribution in [3.63, 3.8) is 0 Å². The number of urea groups is 1. The van der Waals surface area contributed by atoms with E-state index in [1.165, 1.54) is 4.90 Å². The van der Waals surface area contributed by atoms with Gasteiger partial charge in [0, 0.05) is 25.2 Å². The van der Waals surface area contributed by atoms with Gasteiger partial charge in [-0.3, -0.25) is 14.6 Å². The average Bonchev–Trinajstić information content (AvgIpc) is 2.76. The van der Waals surface area contributed by atoms with Gasteiger partial charge in [-0.2, -0.15) is 0 Å². The monoisotopic (exact) mass is 253 g/mol. The Morgan fingerprint density at radius 2 is 1.83 bits per heavy atom. The zero-order valence-corrected chi connectivity index (χ0v) is 10.3. The third kappa shape index (κ3) is 1.99. The molecule has 0 aromatic rings. The van der Waals surface area contributed by atoms with Gasteiger partial charge in [-0.1, -0.05) is 0 Å². The first-order valence-electron chi connectivity index (χ1n) is 6.67. The van der Waals surface area contributed by atoms with Gasteiger partial charge < -0.3 is 10.4 Å². The van der Waals surface area contributed by atoms with Crippen molar-refractivity contribution >= 4 is 11.9 Å². The summed E-state index contributed by atoms with van der Waals surface area (Å²) >= 11 is 0. The minimum absolute atomic E-state index is 0.129. The van der Waals surface area contributed by atoms with Crippen molar-refractivity contribution in [3.8, 4) is 0 Å². The van der Waals surface area contributed by atoms with E-state index in [2.05, 4.69) is 10.2 Å². The number of hydrogen-bond acceptors (Lipinski definition) is 4. The van der Waals surface area contributed by atoms with Gasteiger partial charge in [-0.25, -0.2) is 4.79 Å². The van der Waals surface area contributed by atoms with E-state index in [1.54, 1.807) is 0 Å². The molecule has 3 aliphatic rings. The molecule has 2 atom stereocenters. The molecule has 0 aromatic carbocycles. The second kappa shape index (κ2) is 4.51. The number of nitrogens with one attached hydrogen (secondary N) is 1. The number of rotatable bonds is 3. The van der Waals surface area contributed by atoms with Crippen molar-refractivity contribution in [1.29, 1.82) is 0 Å². The molecule has 3 fully saturated rings. The molecule has 2 bridgehead atoms. The molecule has 3 amide bonds. The lowest BCUT2D eigenvalue weighted by molar-refractivity contribution is -0.125. The largest absolute Gasteiger partial charge is 0.393 e. The Bertz CT molecular complexity index is 344. The van der Waals surface area contributed by atoms with E-state index in [4.69, 9.17) is 0 Å². The SMILES string of the molecule is O=C1CNC(=O)N1CCN1C2CCC1CC(O)C2. The first-order valence-corrected chi connectivity index (χ1v) is 6.67. The first kappa shape index (κ1) is 11.9. The van der Waals surface area contributed by atoms with Gasteiger partial charge in [-0.15, -0.1) is 0 Å². The highest BCUT2D eigenvalue weighted by Crippen LogP contribution is 2.35. The maximum Gasteiger partial charge on any atom is 0.324 e. The zero-order valence-electron chi connectivity index (χ0n) is 10.3. The van der Waals surface area contributed by atoms with Crippen molar-refractivity contribution in [3.05, 3.63) is 0 Å². The van der Waals surface area contributed by atoms with Crippen LogP contribution in [0.4, 0.5) is 4.79 Å². The van der Waals surface area contributed by atoms with E-state index < -0.39 is 0 Å². The number of hydrogen-bond donors (Lipinski definition) is 2. The van der Waals surface area contributed by atoms with Crippen molar-refractivity contribution in [2.24, 2.45) is 0 Å². The Morgan fingerprint density at radius 3 is 2.39 bits per heavy atom. The van der Waals surface area contributed by atoms with Crippen molar-refractivity contribution < 1.29 is 14.7 Å². The molecular formula is C12H19N3O3. The number of fused-ring (bicyclic) bond motifs is 2. The van der Waals surface area contributed by atoms with E-state index in [9.17, 15) is 14.7 Å². The molecule has 0 spiro atoms. The van der Waals surface area contributed by atoms with Crippen LogP contribution in [0.5, 0.6) is 0 Å². The number of carbonyl (C=O) groups is 2. The summed E-state index contributed by atoms with van der Waals surface area (Å²) in [7, 11) is 0. The number of imide groups is 1. The average molecular weight is 253 g/mol. The van der Waals surface area contributed by atoms with E-state index in [-0.39, 0.29) is 24.6 Å². The highest BCUT2D eigenvalue weighted by atomic mass is 16.3. The van der Waals surface area contributed by atoms with E-state index in [1.807, 2.05) is 0 Å². The van der Waals surface area contributed by atoms with Gasteiger partial charge in [0.1, 0.15) is 0 Å². The highest BCUT2D eigenvalue weighted by molar-refractivity contribution is 6.01. The fourth-order valence-electron chi connectivity index (χ4n) is 3.51. The maximum absolute atomic E-state index is 11.5. The van der Waals surface area contributed by atoms with Crippen LogP contribution in [0.3, 0.4) is 0 Å². The lowest BCUT2D eigenvalue weighted by Gasteiger charge is -2.37. The summed E-state index contributed by atoms with van der Waals surface area (Å²) in [5, 5.41) is 12.2. The zero-order chi connectivity index (χ0) is 12.7. The molecule has 100 valence electrons. The summed E-state index contributed by atoms with van der Waals surface area (Å²) in [6.07, 6.45) is 3.74. The van der Waals surface area contributed by atoms with Crippen LogP contribution < -0.4 is 5.32 Å². The third-order valence-electron chi connectivity index (χ3n) is 4.38. The summed E-state index contributed by atoms with van der Waals surface area (Å²) in [6, 6.07) is 0.587. The number of aliphatic hydroxyl groups excluding tert-OH is 1. The topological polar surface area (TPSA) is 72.9 Å². The molecule has 0 aliphatic carbocycles. The normalized spacial score (nSPS) is 36.3. The van der Waals surface area contributed by atoms with Crippen molar-refractivity contribution in [2.75, 3.05) is 19.6 Å². The fourth-order valence-corrected chi connectivity index (χ4v) is 3.51. The maximum atomic E-state index is 11.5. The van der Waals surface area contributed by atoms with Gasteiger partial charge in [0.05, 0.1) is 12.6 Å². The molecule has 0 saturated carbocycles. The molecule has 18 heavy (non-hydrogen) atoms. The van der Waals surface area contributed by atoms with Crippen LogP contribution in [0.1, 0.15) is 25.7 Å². The van der Waals surface area contributed by atoms with Crippen molar-refractivity contribution in [2.45, 2.75) is 43.9 Å². The summed E-state index contributed by atoms with van der Waals surface area (Å²) < 4.78 is 0. The second-order valence-corrected chi connectivity index (χ2v) is 5.45. The molecule has 3 aliphatic heterocycles. The Hall–Kier alpha value is -1.14. The molecule has 6 heteroatoms. The van der Waals surface area contributed by atoms with Crippen LogP contribution in [-0.4, -0.2) is 64.7 Å². The molecule has 6 nitrogen and oxygen atoms in total. The molecule has 3 rings (SSSR count). The van der Waals surface area contributed by atoms with Gasteiger partial charge in [-0.05, 0) is 25.7 Å². The van der Waals surface area contributed by atoms with Crippen LogP contribution in [0.2, 0.25) is 0 Å². The minimum atomic E-state index is -0.274.